The third-order valence-corrected chi connectivity index (χ3v) is 3.27. The highest BCUT2D eigenvalue weighted by Gasteiger charge is 2.08. The fraction of sp³-hybridized carbons (Fsp3) is 0.176. The van der Waals surface area contributed by atoms with Crippen molar-refractivity contribution in [1.82, 2.24) is 9.97 Å². The molecule has 4 heteroatoms. The molecule has 0 atom stereocenters. The fourth-order valence-electron chi connectivity index (χ4n) is 2.19. The average molecular weight is 279 g/mol. The third kappa shape index (κ3) is 2.79. The van der Waals surface area contributed by atoms with Crippen LogP contribution >= 0.6 is 0 Å². The van der Waals surface area contributed by atoms with Crippen LogP contribution in [-0.2, 0) is 0 Å². The molecule has 1 aromatic heterocycles. The Kier molecular flexibility index (Phi) is 3.69. The van der Waals surface area contributed by atoms with Gasteiger partial charge in [-0.3, -0.25) is 0 Å². The minimum absolute atomic E-state index is 0.240. The van der Waals surface area contributed by atoms with Crippen LogP contribution in [0.15, 0.2) is 48.5 Å². The van der Waals surface area contributed by atoms with Gasteiger partial charge in [0.25, 0.3) is 0 Å². The Morgan fingerprint density at radius 2 is 1.76 bits per heavy atom. The lowest BCUT2D eigenvalue weighted by Crippen LogP contribution is -2.04. The zero-order valence-corrected chi connectivity index (χ0v) is 11.9. The number of hydrogen-bond donors (Lipinski definition) is 2. The molecule has 0 aliphatic heterocycles. The van der Waals surface area contributed by atoms with Crippen molar-refractivity contribution >= 4 is 16.7 Å². The number of benzene rings is 2. The predicted molar refractivity (Wildman–Crippen MR) is 85.4 cm³/mol. The largest absolute Gasteiger partial charge is 0.508 e. The molecule has 0 radical (unpaired) electrons. The van der Waals surface area contributed by atoms with Crippen molar-refractivity contribution in [3.63, 3.8) is 0 Å². The Balaban J connectivity index is 2.12. The second kappa shape index (κ2) is 5.79. The number of hydrogen-bond acceptors (Lipinski definition) is 4. The molecule has 2 N–H and O–H groups in total. The predicted octanol–water partition coefficient (Wildman–Crippen LogP) is 3.82. The maximum absolute atomic E-state index is 9.39. The van der Waals surface area contributed by atoms with Crippen LogP contribution in [0.1, 0.15) is 13.3 Å². The van der Waals surface area contributed by atoms with E-state index in [0.29, 0.717) is 5.82 Å². The van der Waals surface area contributed by atoms with Gasteiger partial charge >= 0.3 is 0 Å². The van der Waals surface area contributed by atoms with Gasteiger partial charge in [-0.1, -0.05) is 19.1 Å². The molecular formula is C17H17N3O. The number of aromatic hydroxyl groups is 1. The SMILES string of the molecule is CCCNc1nc(-c2ccc(O)cc2)nc2ccccc12. The van der Waals surface area contributed by atoms with Gasteiger partial charge in [0.15, 0.2) is 5.82 Å². The highest BCUT2D eigenvalue weighted by molar-refractivity contribution is 5.90. The van der Waals surface area contributed by atoms with Crippen molar-refractivity contribution < 1.29 is 5.11 Å². The first-order valence-corrected chi connectivity index (χ1v) is 7.08. The summed E-state index contributed by atoms with van der Waals surface area (Å²) in [5.74, 6) is 1.75. The van der Waals surface area contributed by atoms with E-state index in [-0.39, 0.29) is 5.75 Å². The molecule has 3 rings (SSSR count). The van der Waals surface area contributed by atoms with E-state index in [2.05, 4.69) is 22.2 Å². The highest BCUT2D eigenvalue weighted by Crippen LogP contribution is 2.25. The van der Waals surface area contributed by atoms with E-state index < -0.39 is 0 Å². The third-order valence-electron chi connectivity index (χ3n) is 3.27. The van der Waals surface area contributed by atoms with Gasteiger partial charge in [-0.15, -0.1) is 0 Å². The van der Waals surface area contributed by atoms with Gasteiger partial charge in [0, 0.05) is 17.5 Å². The van der Waals surface area contributed by atoms with E-state index in [1.807, 2.05) is 36.4 Å². The number of phenols is 1. The van der Waals surface area contributed by atoms with Gasteiger partial charge < -0.3 is 10.4 Å². The summed E-state index contributed by atoms with van der Waals surface area (Å²) in [7, 11) is 0. The average Bonchev–Trinajstić information content (AvgIpc) is 2.53. The molecule has 106 valence electrons. The second-order valence-electron chi connectivity index (χ2n) is 4.89. The summed E-state index contributed by atoms with van der Waals surface area (Å²) in [6.45, 7) is 2.99. The number of fused-ring (bicyclic) bond motifs is 1. The normalized spacial score (nSPS) is 10.7. The van der Waals surface area contributed by atoms with E-state index in [1.54, 1.807) is 12.1 Å². The molecule has 2 aromatic carbocycles. The lowest BCUT2D eigenvalue weighted by molar-refractivity contribution is 0.475. The molecule has 0 saturated carbocycles. The van der Waals surface area contributed by atoms with Gasteiger partial charge in [0.1, 0.15) is 11.6 Å². The molecule has 4 nitrogen and oxygen atoms in total. The van der Waals surface area contributed by atoms with Crippen LogP contribution in [-0.4, -0.2) is 21.6 Å². The molecule has 0 saturated heterocycles. The van der Waals surface area contributed by atoms with Gasteiger partial charge in [-0.05, 0) is 42.8 Å². The van der Waals surface area contributed by atoms with Crippen molar-refractivity contribution in [2.45, 2.75) is 13.3 Å². The number of nitrogens with one attached hydrogen (secondary N) is 1. The van der Waals surface area contributed by atoms with Crippen molar-refractivity contribution in [2.75, 3.05) is 11.9 Å². The van der Waals surface area contributed by atoms with Crippen LogP contribution in [0.4, 0.5) is 5.82 Å². The van der Waals surface area contributed by atoms with Crippen molar-refractivity contribution in [3.8, 4) is 17.1 Å². The second-order valence-corrected chi connectivity index (χ2v) is 4.89. The molecule has 0 amide bonds. The van der Waals surface area contributed by atoms with Crippen LogP contribution in [0.3, 0.4) is 0 Å². The van der Waals surface area contributed by atoms with Gasteiger partial charge in [-0.25, -0.2) is 9.97 Å². The summed E-state index contributed by atoms with van der Waals surface area (Å²) in [6.07, 6.45) is 1.03. The molecule has 0 unspecified atom stereocenters. The molecule has 21 heavy (non-hydrogen) atoms. The zero-order chi connectivity index (χ0) is 14.7. The summed E-state index contributed by atoms with van der Waals surface area (Å²) < 4.78 is 0. The number of rotatable bonds is 4. The number of anilines is 1. The minimum atomic E-state index is 0.240. The molecule has 0 aliphatic carbocycles. The summed E-state index contributed by atoms with van der Waals surface area (Å²) in [5, 5.41) is 13.8. The number of nitrogens with zero attached hydrogens (tertiary/aromatic N) is 2. The molecular weight excluding hydrogens is 262 g/mol. The quantitative estimate of drug-likeness (QED) is 0.762. The molecule has 0 spiro atoms. The van der Waals surface area contributed by atoms with Crippen molar-refractivity contribution in [1.29, 1.82) is 0 Å². The monoisotopic (exact) mass is 279 g/mol. The zero-order valence-electron chi connectivity index (χ0n) is 11.9. The molecule has 3 aromatic rings. The summed E-state index contributed by atoms with van der Waals surface area (Å²) in [5.41, 5.74) is 1.80. The number of aromatic nitrogens is 2. The van der Waals surface area contributed by atoms with Gasteiger partial charge in [0.05, 0.1) is 5.52 Å². The molecule has 0 bridgehead atoms. The highest BCUT2D eigenvalue weighted by atomic mass is 16.3. The summed E-state index contributed by atoms with van der Waals surface area (Å²) in [4.78, 5) is 9.25. The number of para-hydroxylation sites is 1. The molecule has 0 aliphatic rings. The van der Waals surface area contributed by atoms with Crippen LogP contribution in [0.5, 0.6) is 5.75 Å². The lowest BCUT2D eigenvalue weighted by atomic mass is 10.1. The lowest BCUT2D eigenvalue weighted by Gasteiger charge is -2.10. The van der Waals surface area contributed by atoms with Crippen molar-refractivity contribution in [3.05, 3.63) is 48.5 Å². The Morgan fingerprint density at radius 3 is 2.52 bits per heavy atom. The maximum atomic E-state index is 9.39. The summed E-state index contributed by atoms with van der Waals surface area (Å²) in [6, 6.07) is 14.9. The number of phenolic OH excluding ortho intramolecular Hbond substituents is 1. The molecule has 0 fully saturated rings. The topological polar surface area (TPSA) is 58.0 Å². The standard InChI is InChI=1S/C17H17N3O/c1-2-11-18-17-14-5-3-4-6-15(14)19-16(20-17)12-7-9-13(21)10-8-12/h3-10,21H,2,11H2,1H3,(H,18,19,20). The minimum Gasteiger partial charge on any atom is -0.508 e. The Bertz CT molecular complexity index is 754. The summed E-state index contributed by atoms with van der Waals surface area (Å²) >= 11 is 0. The van der Waals surface area contributed by atoms with Crippen LogP contribution in [0, 0.1) is 0 Å². The van der Waals surface area contributed by atoms with E-state index in [9.17, 15) is 5.11 Å². The Labute approximate surface area is 123 Å². The van der Waals surface area contributed by atoms with Gasteiger partial charge in [0.2, 0.25) is 0 Å². The first-order valence-electron chi connectivity index (χ1n) is 7.08. The van der Waals surface area contributed by atoms with Gasteiger partial charge in [-0.2, -0.15) is 0 Å². The van der Waals surface area contributed by atoms with Crippen LogP contribution in [0.25, 0.3) is 22.3 Å². The maximum Gasteiger partial charge on any atom is 0.162 e. The van der Waals surface area contributed by atoms with E-state index >= 15 is 0 Å². The smallest absolute Gasteiger partial charge is 0.162 e. The first kappa shape index (κ1) is 13.4. The Hall–Kier alpha value is -2.62. The Morgan fingerprint density at radius 1 is 1.00 bits per heavy atom. The fourth-order valence-corrected chi connectivity index (χ4v) is 2.19. The van der Waals surface area contributed by atoms with Crippen LogP contribution in [0.2, 0.25) is 0 Å². The van der Waals surface area contributed by atoms with E-state index in [4.69, 9.17) is 0 Å². The van der Waals surface area contributed by atoms with Crippen LogP contribution < -0.4 is 5.32 Å². The van der Waals surface area contributed by atoms with Crippen molar-refractivity contribution in [2.24, 2.45) is 0 Å². The first-order chi connectivity index (χ1) is 10.3. The molecule has 1 heterocycles. The van der Waals surface area contributed by atoms with E-state index in [1.165, 1.54) is 0 Å². The van der Waals surface area contributed by atoms with E-state index in [0.717, 1.165) is 35.2 Å².